The second-order valence-electron chi connectivity index (χ2n) is 25.8. The number of likely N-dealkylation sites (N-methyl/N-ethyl adjacent to an activating group) is 1. The minimum atomic E-state index is -1.85. The number of nitrogens with two attached hydrogens (primary N) is 2. The van der Waals surface area contributed by atoms with Crippen LogP contribution >= 0.6 is 11.6 Å². The predicted octanol–water partition coefficient (Wildman–Crippen LogP) is 0.732. The van der Waals surface area contributed by atoms with Crippen LogP contribution in [-0.4, -0.2) is 202 Å². The number of hydrogen-bond donors (Lipinski definition) is 12. The first-order valence-corrected chi connectivity index (χ1v) is 33.6. The summed E-state index contributed by atoms with van der Waals surface area (Å²) >= 11 is 6.23. The number of pyridine rings is 1. The molecule has 1 aromatic heterocycles. The number of fused-ring (bicyclic) bond motifs is 1. The van der Waals surface area contributed by atoms with Crippen molar-refractivity contribution in [3.63, 3.8) is 0 Å². The number of primary amides is 2. The number of aliphatic hydroxyl groups excluding tert-OH is 1. The number of halogens is 1. The van der Waals surface area contributed by atoms with Crippen molar-refractivity contribution >= 4 is 93.3 Å². The first kappa shape index (κ1) is 78.9. The van der Waals surface area contributed by atoms with Crippen LogP contribution in [0.4, 0.5) is 0 Å². The van der Waals surface area contributed by atoms with Crippen molar-refractivity contribution in [2.45, 2.75) is 159 Å². The van der Waals surface area contributed by atoms with E-state index >= 15 is 0 Å². The van der Waals surface area contributed by atoms with Gasteiger partial charge in [-0.2, -0.15) is 0 Å². The molecule has 10 atom stereocenters. The number of aromatic nitrogens is 1. The van der Waals surface area contributed by atoms with Crippen molar-refractivity contribution in [1.82, 2.24) is 62.2 Å². The van der Waals surface area contributed by atoms with Gasteiger partial charge in [0, 0.05) is 63.6 Å². The number of phenols is 1. The number of hydrogen-bond acceptors (Lipinski definition) is 16. The fourth-order valence-electron chi connectivity index (χ4n) is 11.6. The van der Waals surface area contributed by atoms with Crippen molar-refractivity contribution < 1.29 is 67.7 Å². The molecule has 14 N–H and O–H groups in total. The molecule has 0 saturated carbocycles. The number of rotatable bonds is 37. The fraction of sp³-hybridized carbons (Fsp3) is 0.451. The molecule has 0 aliphatic carbocycles. The molecule has 29 heteroatoms. The van der Waals surface area contributed by atoms with Gasteiger partial charge in [0.15, 0.2) is 0 Å². The summed E-state index contributed by atoms with van der Waals surface area (Å²) in [6.45, 7) is 5.94. The molecule has 12 amide bonds. The van der Waals surface area contributed by atoms with Gasteiger partial charge in [0.25, 0.3) is 0 Å². The van der Waals surface area contributed by atoms with E-state index in [0.717, 1.165) is 15.7 Å². The number of phenolic OH excluding ortho intramolecular Hbond substituents is 1. The van der Waals surface area contributed by atoms with Crippen LogP contribution in [0.2, 0.25) is 5.02 Å². The smallest absolute Gasteiger partial charge is 0.247 e. The summed E-state index contributed by atoms with van der Waals surface area (Å²) in [6.07, 6.45) is 3.28. The topological polar surface area (TPSA) is 416 Å². The number of nitrogens with zero attached hydrogens (tertiary/aromatic N) is 4. The van der Waals surface area contributed by atoms with E-state index in [1.54, 1.807) is 50.2 Å². The van der Waals surface area contributed by atoms with Crippen molar-refractivity contribution in [3.05, 3.63) is 143 Å². The fourth-order valence-corrected chi connectivity index (χ4v) is 11.7. The quantitative estimate of drug-likeness (QED) is 0.0244. The lowest BCUT2D eigenvalue weighted by atomic mass is 9.99. The average Bonchev–Trinajstić information content (AvgIpc) is 1.31. The summed E-state index contributed by atoms with van der Waals surface area (Å²) in [5.74, 6) is -10.6. The molecule has 6 rings (SSSR count). The molecule has 4 aromatic carbocycles. The Balaban J connectivity index is 1.25. The van der Waals surface area contributed by atoms with E-state index in [0.29, 0.717) is 53.1 Å². The molecule has 538 valence electrons. The Labute approximate surface area is 586 Å². The molecule has 100 heavy (non-hydrogen) atoms. The van der Waals surface area contributed by atoms with E-state index in [1.165, 1.54) is 62.5 Å². The second kappa shape index (κ2) is 38.3. The molecule has 2 heterocycles. The summed E-state index contributed by atoms with van der Waals surface area (Å²) in [6, 6.07) is 14.3. The molecule has 1 saturated heterocycles. The third-order valence-corrected chi connectivity index (χ3v) is 17.2. The number of aliphatic hydroxyl groups is 1. The highest BCUT2D eigenvalue weighted by Crippen LogP contribution is 2.23. The third kappa shape index (κ3) is 24.4. The van der Waals surface area contributed by atoms with Gasteiger partial charge in [-0.05, 0) is 135 Å². The molecule has 1 fully saturated rings. The highest BCUT2D eigenvalue weighted by Gasteiger charge is 2.41. The lowest BCUT2D eigenvalue weighted by Gasteiger charge is -2.32. The van der Waals surface area contributed by atoms with Crippen LogP contribution in [0.1, 0.15) is 94.9 Å². The molecule has 0 unspecified atom stereocenters. The maximum Gasteiger partial charge on any atom is 0.247 e. The number of nitrogens with one attached hydrogen (secondary N) is 8. The Morgan fingerprint density at radius 1 is 0.600 bits per heavy atom. The lowest BCUT2D eigenvalue weighted by Crippen LogP contribution is -2.62. The normalized spacial score (nSPS) is 15.5. The van der Waals surface area contributed by atoms with Gasteiger partial charge < -0.3 is 78.9 Å². The molecule has 1 aliphatic rings. The molecule has 1 aliphatic heterocycles. The maximum atomic E-state index is 14.9. The number of likely N-dealkylation sites (tertiary alicyclic amines) is 1. The van der Waals surface area contributed by atoms with Gasteiger partial charge in [-0.15, -0.1) is 0 Å². The highest BCUT2D eigenvalue weighted by atomic mass is 35.5. The zero-order valence-electron chi connectivity index (χ0n) is 57.3. The zero-order valence-corrected chi connectivity index (χ0v) is 58.1. The molecular weight excluding hydrogens is 1310 g/mol. The first-order valence-electron chi connectivity index (χ1n) is 33.2. The van der Waals surface area contributed by atoms with Crippen molar-refractivity contribution in [1.29, 1.82) is 0 Å². The zero-order chi connectivity index (χ0) is 73.3. The summed E-state index contributed by atoms with van der Waals surface area (Å²) < 4.78 is 0. The Morgan fingerprint density at radius 2 is 1.14 bits per heavy atom. The maximum absolute atomic E-state index is 14.9. The van der Waals surface area contributed by atoms with E-state index in [4.69, 9.17) is 23.1 Å². The molecule has 5 aromatic rings. The summed E-state index contributed by atoms with van der Waals surface area (Å²) in [5, 5.41) is 44.6. The van der Waals surface area contributed by atoms with Crippen LogP contribution in [-0.2, 0) is 83.2 Å². The summed E-state index contributed by atoms with van der Waals surface area (Å²) in [7, 11) is 4.94. The number of amides is 12. The Hall–Kier alpha value is -10.1. The average molecular weight is 1400 g/mol. The van der Waals surface area contributed by atoms with Gasteiger partial charge in [0.1, 0.15) is 66.2 Å². The monoisotopic (exact) mass is 1400 g/mol. The minimum Gasteiger partial charge on any atom is -0.508 e. The van der Waals surface area contributed by atoms with Crippen molar-refractivity contribution in [2.24, 2.45) is 17.4 Å². The second-order valence-corrected chi connectivity index (χ2v) is 26.3. The molecule has 0 spiro atoms. The molecule has 0 bridgehead atoms. The van der Waals surface area contributed by atoms with Crippen LogP contribution in [0.3, 0.4) is 0 Å². The molecule has 0 radical (unpaired) electrons. The molecule has 28 nitrogen and oxygen atoms in total. The van der Waals surface area contributed by atoms with Gasteiger partial charge in [0.05, 0.1) is 13.0 Å². The number of unbranched alkanes of at least 4 members (excludes halogenated alkanes) is 1. The van der Waals surface area contributed by atoms with Gasteiger partial charge in [-0.25, -0.2) is 0 Å². The lowest BCUT2D eigenvalue weighted by molar-refractivity contribution is -0.144. The minimum absolute atomic E-state index is 0.0217. The summed E-state index contributed by atoms with van der Waals surface area (Å²) in [4.78, 5) is 176. The van der Waals surface area contributed by atoms with Crippen LogP contribution in [0.25, 0.3) is 10.8 Å². The van der Waals surface area contributed by atoms with Gasteiger partial charge in [0.2, 0.25) is 70.9 Å². The van der Waals surface area contributed by atoms with E-state index in [-0.39, 0.29) is 63.2 Å². The first-order chi connectivity index (χ1) is 47.5. The van der Waals surface area contributed by atoms with Gasteiger partial charge >= 0.3 is 0 Å². The van der Waals surface area contributed by atoms with E-state index in [9.17, 15) is 67.7 Å². The van der Waals surface area contributed by atoms with E-state index in [1.807, 2.05) is 61.5 Å². The Kier molecular flexibility index (Phi) is 30.3. The predicted molar refractivity (Wildman–Crippen MR) is 373 cm³/mol. The molecular formula is C71H93ClN14O14. The van der Waals surface area contributed by atoms with Crippen LogP contribution < -0.4 is 54.0 Å². The highest BCUT2D eigenvalue weighted by molar-refractivity contribution is 6.30. The van der Waals surface area contributed by atoms with E-state index < -0.39 is 144 Å². The van der Waals surface area contributed by atoms with Crippen LogP contribution in [0.15, 0.2) is 116 Å². The van der Waals surface area contributed by atoms with Gasteiger partial charge in [-0.3, -0.25) is 62.5 Å². The number of aromatic hydroxyl groups is 1. The van der Waals surface area contributed by atoms with Crippen LogP contribution in [0.5, 0.6) is 5.75 Å². The van der Waals surface area contributed by atoms with Crippen molar-refractivity contribution in [2.75, 3.05) is 40.8 Å². The Morgan fingerprint density at radius 3 is 1.73 bits per heavy atom. The van der Waals surface area contributed by atoms with Crippen molar-refractivity contribution in [3.8, 4) is 5.75 Å². The number of benzene rings is 4. The van der Waals surface area contributed by atoms with Gasteiger partial charge in [-0.1, -0.05) is 98.2 Å². The SMILES string of the molecule is CC(=O)N[C@H](Cc1ccc2ccccc2c1)C(=O)N[C@H](Cc1ccc(Cl)cc1)C(=O)N[C@H](Cc1cccnc1)C(=O)N[C@@H](CO)C(=O)N(C)[C@@H](Cc1ccc(O)cc1)C(=O)N[C@H](CC(N)=O)C(=O)N[C@@H](CC(C)C)C(=O)N[C@@H](CCCCN(C)C)C(=O)N1CCC[C@H]1C(=O)N[C@H](C)C(N)=O. The van der Waals surface area contributed by atoms with E-state index in [2.05, 4.69) is 47.5 Å². The summed E-state index contributed by atoms with van der Waals surface area (Å²) in [5.41, 5.74) is 13.1. The Bertz CT molecular complexity index is 3680. The standard InChI is InChI=1S/C71H93ClN14O14/c1-41(2)32-53(63(92)78-52(17-10-11-30-84(5)6)71(100)86-31-13-18-59(86)68(97)76-42(3)62(74)91)79-67(96)57(38-61(73)90)82-69(98)60(37-45-22-27-51(89)28-23-45)85(7)70(99)58(40-87)83-66(95)56(36-47-14-12-29-75-39-47)81-65(94)55(34-44-20-25-50(72)26-21-44)80-64(93)54(77-43(4)88)35-46-19-24-48-15-8-9-16-49(48)33-46/h8-9,12,14-16,19-29,33,39,41-42,52-60,87,89H,10-11,13,17-18,30-32,34-38,40H2,1-7H3,(H2,73,90)(H2,74,91)(H,76,97)(H,77,88)(H,78,92)(H,79,96)(H,80,93)(H,81,94)(H,82,98)(H,83,95)/t42-,52+,53+,54-,55-,56-,57-,58+,59+,60+/m1/s1. The number of carbonyl (C=O) groups is 12. The number of carbonyl (C=O) groups excluding carboxylic acids is 12. The largest absolute Gasteiger partial charge is 0.508 e. The third-order valence-electron chi connectivity index (χ3n) is 17.0. The van der Waals surface area contributed by atoms with Crippen LogP contribution in [0, 0.1) is 5.92 Å².